The van der Waals surface area contributed by atoms with Gasteiger partial charge in [0.05, 0.1) is 0 Å². The fourth-order valence-corrected chi connectivity index (χ4v) is 2.38. The van der Waals surface area contributed by atoms with Crippen molar-refractivity contribution in [3.05, 3.63) is 64.1 Å². The highest BCUT2D eigenvalue weighted by Crippen LogP contribution is 2.23. The SMILES string of the molecule is CN(Cc1ccc(OC(F)(F)F)cc1)C(=O)c1cccc(Br)c1. The molecule has 0 saturated heterocycles. The summed E-state index contributed by atoms with van der Waals surface area (Å²) in [7, 11) is 1.63. The van der Waals surface area contributed by atoms with Gasteiger partial charge in [0.2, 0.25) is 0 Å². The van der Waals surface area contributed by atoms with Gasteiger partial charge < -0.3 is 9.64 Å². The molecule has 0 unspecified atom stereocenters. The van der Waals surface area contributed by atoms with E-state index in [0.29, 0.717) is 11.1 Å². The normalized spacial score (nSPS) is 11.2. The van der Waals surface area contributed by atoms with Crippen molar-refractivity contribution in [2.75, 3.05) is 7.05 Å². The Morgan fingerprint density at radius 1 is 1.17 bits per heavy atom. The van der Waals surface area contributed by atoms with Gasteiger partial charge in [-0.2, -0.15) is 0 Å². The van der Waals surface area contributed by atoms with Crippen LogP contribution in [-0.2, 0) is 6.54 Å². The van der Waals surface area contributed by atoms with E-state index in [4.69, 9.17) is 0 Å². The van der Waals surface area contributed by atoms with Gasteiger partial charge in [-0.05, 0) is 35.9 Å². The third-order valence-corrected chi connectivity index (χ3v) is 3.49. The summed E-state index contributed by atoms with van der Waals surface area (Å²) >= 11 is 3.30. The fourth-order valence-electron chi connectivity index (χ4n) is 1.98. The Hall–Kier alpha value is -2.02. The molecule has 0 radical (unpaired) electrons. The van der Waals surface area contributed by atoms with Crippen molar-refractivity contribution in [1.29, 1.82) is 0 Å². The maximum atomic E-state index is 12.3. The number of carbonyl (C=O) groups is 1. The van der Waals surface area contributed by atoms with Gasteiger partial charge in [0, 0.05) is 23.6 Å². The number of nitrogens with zero attached hydrogens (tertiary/aromatic N) is 1. The summed E-state index contributed by atoms with van der Waals surface area (Å²) in [6.07, 6.45) is -4.71. The summed E-state index contributed by atoms with van der Waals surface area (Å²) < 4.78 is 40.9. The zero-order valence-corrected chi connectivity index (χ0v) is 13.7. The van der Waals surface area contributed by atoms with Crippen LogP contribution in [0, 0.1) is 0 Å². The summed E-state index contributed by atoms with van der Waals surface area (Å²) in [5, 5.41) is 0. The van der Waals surface area contributed by atoms with Crippen molar-refractivity contribution < 1.29 is 22.7 Å². The molecule has 1 amide bonds. The van der Waals surface area contributed by atoms with E-state index < -0.39 is 6.36 Å². The van der Waals surface area contributed by atoms with Crippen LogP contribution in [0.1, 0.15) is 15.9 Å². The number of hydrogen-bond acceptors (Lipinski definition) is 2. The first kappa shape index (κ1) is 17.3. The third kappa shape index (κ3) is 5.28. The first-order chi connectivity index (χ1) is 10.7. The first-order valence-corrected chi connectivity index (χ1v) is 7.39. The molecular formula is C16H13BrF3NO2. The second kappa shape index (κ2) is 7.04. The molecule has 0 fully saturated rings. The van der Waals surface area contributed by atoms with E-state index >= 15 is 0 Å². The number of benzene rings is 2. The minimum absolute atomic E-state index is 0.179. The summed E-state index contributed by atoms with van der Waals surface area (Å²) in [6.45, 7) is 0.275. The molecular weight excluding hydrogens is 375 g/mol. The Bertz CT molecular complexity index is 686. The van der Waals surface area contributed by atoms with Crippen molar-refractivity contribution >= 4 is 21.8 Å². The monoisotopic (exact) mass is 387 g/mol. The number of carbonyl (C=O) groups excluding carboxylic acids is 1. The van der Waals surface area contributed by atoms with Gasteiger partial charge in [-0.3, -0.25) is 4.79 Å². The van der Waals surface area contributed by atoms with Crippen LogP contribution in [0.2, 0.25) is 0 Å². The topological polar surface area (TPSA) is 29.5 Å². The van der Waals surface area contributed by atoms with E-state index in [2.05, 4.69) is 20.7 Å². The van der Waals surface area contributed by atoms with Crippen LogP contribution in [0.5, 0.6) is 5.75 Å². The van der Waals surface area contributed by atoms with E-state index in [0.717, 1.165) is 4.47 Å². The van der Waals surface area contributed by atoms with Crippen LogP contribution in [0.15, 0.2) is 53.0 Å². The molecule has 0 atom stereocenters. The predicted octanol–water partition coefficient (Wildman–Crippen LogP) is 4.62. The fraction of sp³-hybridized carbons (Fsp3) is 0.188. The predicted molar refractivity (Wildman–Crippen MR) is 83.1 cm³/mol. The zero-order valence-electron chi connectivity index (χ0n) is 12.1. The molecule has 0 aliphatic heterocycles. The van der Waals surface area contributed by atoms with E-state index in [9.17, 15) is 18.0 Å². The molecule has 0 heterocycles. The number of rotatable bonds is 4. The maximum absolute atomic E-state index is 12.3. The molecule has 0 aliphatic carbocycles. The zero-order chi connectivity index (χ0) is 17.0. The maximum Gasteiger partial charge on any atom is 0.573 e. The lowest BCUT2D eigenvalue weighted by Crippen LogP contribution is -2.26. The molecule has 2 aromatic rings. The Balaban J connectivity index is 2.02. The molecule has 0 N–H and O–H groups in total. The van der Waals surface area contributed by atoms with Crippen LogP contribution >= 0.6 is 15.9 Å². The van der Waals surface area contributed by atoms with Crippen molar-refractivity contribution in [2.24, 2.45) is 0 Å². The largest absolute Gasteiger partial charge is 0.573 e. The van der Waals surface area contributed by atoms with Crippen molar-refractivity contribution in [2.45, 2.75) is 12.9 Å². The number of hydrogen-bond donors (Lipinski definition) is 0. The minimum Gasteiger partial charge on any atom is -0.406 e. The van der Waals surface area contributed by atoms with Gasteiger partial charge in [-0.15, -0.1) is 13.2 Å². The second-order valence-corrected chi connectivity index (χ2v) is 5.78. The highest BCUT2D eigenvalue weighted by Gasteiger charge is 2.30. The van der Waals surface area contributed by atoms with Gasteiger partial charge in [0.15, 0.2) is 0 Å². The van der Waals surface area contributed by atoms with Crippen molar-refractivity contribution in [1.82, 2.24) is 4.90 Å². The van der Waals surface area contributed by atoms with E-state index in [1.165, 1.54) is 29.2 Å². The molecule has 0 aliphatic rings. The van der Waals surface area contributed by atoms with Crippen LogP contribution in [0.3, 0.4) is 0 Å². The van der Waals surface area contributed by atoms with Crippen molar-refractivity contribution in [3.8, 4) is 5.75 Å². The van der Waals surface area contributed by atoms with Gasteiger partial charge in [-0.1, -0.05) is 34.1 Å². The van der Waals surface area contributed by atoms with Gasteiger partial charge >= 0.3 is 6.36 Å². The quantitative estimate of drug-likeness (QED) is 0.765. The lowest BCUT2D eigenvalue weighted by Gasteiger charge is -2.18. The smallest absolute Gasteiger partial charge is 0.406 e. The molecule has 0 bridgehead atoms. The third-order valence-electron chi connectivity index (χ3n) is 2.99. The molecule has 122 valence electrons. The summed E-state index contributed by atoms with van der Waals surface area (Å²) in [5.41, 5.74) is 1.23. The van der Waals surface area contributed by atoms with Gasteiger partial charge in [0.25, 0.3) is 5.91 Å². The minimum atomic E-state index is -4.71. The van der Waals surface area contributed by atoms with Crippen LogP contribution in [-0.4, -0.2) is 24.2 Å². The average molecular weight is 388 g/mol. The summed E-state index contributed by atoms with van der Waals surface area (Å²) in [5.74, 6) is -0.468. The van der Waals surface area contributed by atoms with Crippen LogP contribution in [0.25, 0.3) is 0 Å². The number of alkyl halides is 3. The first-order valence-electron chi connectivity index (χ1n) is 6.60. The summed E-state index contributed by atoms with van der Waals surface area (Å²) in [6, 6.07) is 12.4. The van der Waals surface area contributed by atoms with E-state index in [1.807, 2.05) is 6.07 Å². The Morgan fingerprint density at radius 3 is 2.39 bits per heavy atom. The molecule has 0 saturated carbocycles. The Labute approximate surface area is 139 Å². The molecule has 2 aromatic carbocycles. The molecule has 7 heteroatoms. The molecule has 3 nitrogen and oxygen atoms in total. The van der Waals surface area contributed by atoms with Crippen LogP contribution in [0.4, 0.5) is 13.2 Å². The Morgan fingerprint density at radius 2 is 1.83 bits per heavy atom. The molecule has 0 aromatic heterocycles. The molecule has 0 spiro atoms. The number of ether oxygens (including phenoxy) is 1. The Kier molecular flexibility index (Phi) is 5.30. The van der Waals surface area contributed by atoms with Crippen molar-refractivity contribution in [3.63, 3.8) is 0 Å². The van der Waals surface area contributed by atoms with Gasteiger partial charge in [0.1, 0.15) is 5.75 Å². The lowest BCUT2D eigenvalue weighted by atomic mass is 10.1. The average Bonchev–Trinajstić information content (AvgIpc) is 2.47. The highest BCUT2D eigenvalue weighted by atomic mass is 79.9. The summed E-state index contributed by atoms with van der Waals surface area (Å²) in [4.78, 5) is 13.8. The van der Waals surface area contributed by atoms with E-state index in [-0.39, 0.29) is 18.2 Å². The lowest BCUT2D eigenvalue weighted by molar-refractivity contribution is -0.274. The molecule has 23 heavy (non-hydrogen) atoms. The van der Waals surface area contributed by atoms with Gasteiger partial charge in [-0.25, -0.2) is 0 Å². The van der Waals surface area contributed by atoms with Crippen LogP contribution < -0.4 is 4.74 Å². The van der Waals surface area contributed by atoms with E-state index in [1.54, 1.807) is 25.2 Å². The second-order valence-electron chi connectivity index (χ2n) is 4.86. The number of halogens is 4. The number of amides is 1. The standard InChI is InChI=1S/C16H13BrF3NO2/c1-21(15(22)12-3-2-4-13(17)9-12)10-11-5-7-14(8-6-11)23-16(18,19)20/h2-9H,10H2,1H3. The molecule has 2 rings (SSSR count). The highest BCUT2D eigenvalue weighted by molar-refractivity contribution is 9.10.